The summed E-state index contributed by atoms with van der Waals surface area (Å²) in [6.07, 6.45) is 5.58. The Morgan fingerprint density at radius 3 is 2.52 bits per heavy atom. The molecule has 0 atom stereocenters. The summed E-state index contributed by atoms with van der Waals surface area (Å²) in [5.41, 5.74) is 3.65. The van der Waals surface area contributed by atoms with Crippen molar-refractivity contribution in [3.05, 3.63) is 59.9 Å². The molecule has 5 heteroatoms. The summed E-state index contributed by atoms with van der Waals surface area (Å²) in [6.45, 7) is 10.8. The van der Waals surface area contributed by atoms with E-state index in [0.717, 1.165) is 67.8 Å². The fourth-order valence-electron chi connectivity index (χ4n) is 4.00. The number of rotatable bonds is 12. The van der Waals surface area contributed by atoms with E-state index in [1.165, 1.54) is 5.56 Å². The lowest BCUT2D eigenvalue weighted by Gasteiger charge is -2.19. The highest BCUT2D eigenvalue weighted by molar-refractivity contribution is 5.76. The van der Waals surface area contributed by atoms with Gasteiger partial charge in [-0.3, -0.25) is 4.79 Å². The molecule has 0 radical (unpaired) electrons. The van der Waals surface area contributed by atoms with E-state index in [-0.39, 0.29) is 11.3 Å². The molecule has 0 aliphatic carbocycles. The molecule has 2 aromatic carbocycles. The van der Waals surface area contributed by atoms with E-state index in [2.05, 4.69) is 73.1 Å². The van der Waals surface area contributed by atoms with Crippen molar-refractivity contribution >= 4 is 16.9 Å². The predicted molar refractivity (Wildman–Crippen MR) is 136 cm³/mol. The summed E-state index contributed by atoms with van der Waals surface area (Å²) >= 11 is 0. The summed E-state index contributed by atoms with van der Waals surface area (Å²) in [6, 6.07) is 16.7. The standard InChI is InChI=1S/C28H39N3O2/c1-5-11-27(32)29-19-10-6-7-14-26-30-24-12-8-9-13-25(24)31(26)20-21-33-23-17-15-22(16-18-23)28(2,3)4/h8-9,12-13,15-18H,5-7,10-11,14,19-21H2,1-4H3,(H,29,32). The smallest absolute Gasteiger partial charge is 0.219 e. The van der Waals surface area contributed by atoms with Crippen LogP contribution in [-0.2, 0) is 23.2 Å². The molecule has 33 heavy (non-hydrogen) atoms. The number of benzene rings is 2. The van der Waals surface area contributed by atoms with Gasteiger partial charge in [-0.2, -0.15) is 0 Å². The second-order valence-corrected chi connectivity index (χ2v) is 9.70. The van der Waals surface area contributed by atoms with Crippen molar-refractivity contribution in [2.75, 3.05) is 13.2 Å². The number of nitrogens with zero attached hydrogens (tertiary/aromatic N) is 2. The molecule has 0 spiro atoms. The molecular weight excluding hydrogens is 410 g/mol. The van der Waals surface area contributed by atoms with E-state index in [9.17, 15) is 4.79 Å². The number of aryl methyl sites for hydroxylation is 1. The number of carbonyl (C=O) groups is 1. The monoisotopic (exact) mass is 449 g/mol. The van der Waals surface area contributed by atoms with Crippen LogP contribution in [-0.4, -0.2) is 28.6 Å². The molecule has 1 heterocycles. The number of imidazole rings is 1. The topological polar surface area (TPSA) is 56.2 Å². The summed E-state index contributed by atoms with van der Waals surface area (Å²) in [4.78, 5) is 16.5. The van der Waals surface area contributed by atoms with Crippen LogP contribution in [0.2, 0.25) is 0 Å². The van der Waals surface area contributed by atoms with Crippen molar-refractivity contribution in [1.82, 2.24) is 14.9 Å². The second-order valence-electron chi connectivity index (χ2n) is 9.70. The maximum atomic E-state index is 11.6. The molecular formula is C28H39N3O2. The first-order valence-electron chi connectivity index (χ1n) is 12.3. The molecule has 1 N–H and O–H groups in total. The average molecular weight is 450 g/mol. The first-order valence-corrected chi connectivity index (χ1v) is 12.3. The van der Waals surface area contributed by atoms with Gasteiger partial charge in [0.2, 0.25) is 5.91 Å². The molecule has 0 fully saturated rings. The molecule has 5 nitrogen and oxygen atoms in total. The van der Waals surface area contributed by atoms with Crippen LogP contribution in [0.25, 0.3) is 11.0 Å². The molecule has 3 rings (SSSR count). The van der Waals surface area contributed by atoms with Crippen molar-refractivity contribution in [3.8, 4) is 5.75 Å². The van der Waals surface area contributed by atoms with Gasteiger partial charge < -0.3 is 14.6 Å². The number of aromatic nitrogens is 2. The zero-order valence-electron chi connectivity index (χ0n) is 20.7. The molecule has 1 aromatic heterocycles. The molecule has 0 saturated carbocycles. The van der Waals surface area contributed by atoms with Gasteiger partial charge in [-0.25, -0.2) is 4.98 Å². The van der Waals surface area contributed by atoms with Crippen LogP contribution < -0.4 is 10.1 Å². The first-order chi connectivity index (χ1) is 15.9. The van der Waals surface area contributed by atoms with E-state index >= 15 is 0 Å². The fourth-order valence-corrected chi connectivity index (χ4v) is 4.00. The van der Waals surface area contributed by atoms with Crippen LogP contribution in [0.15, 0.2) is 48.5 Å². The van der Waals surface area contributed by atoms with Gasteiger partial charge in [0.15, 0.2) is 0 Å². The Balaban J connectivity index is 1.53. The zero-order valence-corrected chi connectivity index (χ0v) is 20.7. The molecule has 1 amide bonds. The first kappa shape index (κ1) is 24.8. The Bertz CT molecular complexity index is 1020. The molecule has 0 aliphatic rings. The summed E-state index contributed by atoms with van der Waals surface area (Å²) in [5, 5.41) is 2.99. The van der Waals surface area contributed by atoms with Crippen LogP contribution in [0.5, 0.6) is 5.75 Å². The highest BCUT2D eigenvalue weighted by atomic mass is 16.5. The Morgan fingerprint density at radius 2 is 1.79 bits per heavy atom. The van der Waals surface area contributed by atoms with Gasteiger partial charge in [0, 0.05) is 19.4 Å². The second kappa shape index (κ2) is 11.9. The van der Waals surface area contributed by atoms with Crippen LogP contribution in [0.1, 0.15) is 71.2 Å². The minimum absolute atomic E-state index is 0.143. The number of amides is 1. The molecule has 0 saturated heterocycles. The highest BCUT2D eigenvalue weighted by Gasteiger charge is 2.13. The highest BCUT2D eigenvalue weighted by Crippen LogP contribution is 2.24. The summed E-state index contributed by atoms with van der Waals surface area (Å²) < 4.78 is 8.36. The normalized spacial score (nSPS) is 11.6. The lowest BCUT2D eigenvalue weighted by atomic mass is 9.87. The zero-order chi connectivity index (χ0) is 23.7. The number of hydrogen-bond donors (Lipinski definition) is 1. The quantitative estimate of drug-likeness (QED) is 0.343. The van der Waals surface area contributed by atoms with Crippen LogP contribution in [0.4, 0.5) is 0 Å². The number of nitrogens with one attached hydrogen (secondary N) is 1. The van der Waals surface area contributed by atoms with Crippen molar-refractivity contribution < 1.29 is 9.53 Å². The number of unbranched alkanes of at least 4 members (excludes halogenated alkanes) is 2. The Hall–Kier alpha value is -2.82. The van der Waals surface area contributed by atoms with Crippen molar-refractivity contribution in [1.29, 1.82) is 0 Å². The number of hydrogen-bond acceptors (Lipinski definition) is 3. The minimum atomic E-state index is 0.143. The number of carbonyl (C=O) groups excluding carboxylic acids is 1. The number of fused-ring (bicyclic) bond motifs is 1. The van der Waals surface area contributed by atoms with Gasteiger partial charge in [0.05, 0.1) is 17.6 Å². The summed E-state index contributed by atoms with van der Waals surface area (Å²) in [7, 11) is 0. The van der Waals surface area contributed by atoms with Crippen LogP contribution >= 0.6 is 0 Å². The van der Waals surface area contributed by atoms with E-state index in [4.69, 9.17) is 9.72 Å². The Labute approximate surface area is 198 Å². The van der Waals surface area contributed by atoms with Gasteiger partial charge >= 0.3 is 0 Å². The third-order valence-electron chi connectivity index (χ3n) is 5.91. The van der Waals surface area contributed by atoms with Crippen molar-refractivity contribution in [3.63, 3.8) is 0 Å². The molecule has 0 unspecified atom stereocenters. The third-order valence-corrected chi connectivity index (χ3v) is 5.91. The van der Waals surface area contributed by atoms with Crippen LogP contribution in [0, 0.1) is 0 Å². The van der Waals surface area contributed by atoms with Gasteiger partial charge in [0.1, 0.15) is 18.2 Å². The van der Waals surface area contributed by atoms with Gasteiger partial charge in [-0.15, -0.1) is 0 Å². The molecule has 0 aliphatic heterocycles. The maximum Gasteiger partial charge on any atom is 0.219 e. The SMILES string of the molecule is CCCC(=O)NCCCCCc1nc2ccccc2n1CCOc1ccc(C(C)(C)C)cc1. The molecule has 0 bridgehead atoms. The Kier molecular flexibility index (Phi) is 8.93. The number of para-hydroxylation sites is 2. The number of ether oxygens (including phenoxy) is 1. The van der Waals surface area contributed by atoms with Gasteiger partial charge in [-0.05, 0) is 54.5 Å². The van der Waals surface area contributed by atoms with Gasteiger partial charge in [-0.1, -0.05) is 58.4 Å². The third kappa shape index (κ3) is 7.34. The molecule has 178 valence electrons. The van der Waals surface area contributed by atoms with Gasteiger partial charge in [0.25, 0.3) is 0 Å². The molecule has 3 aromatic rings. The lowest BCUT2D eigenvalue weighted by molar-refractivity contribution is -0.121. The largest absolute Gasteiger partial charge is 0.492 e. The van der Waals surface area contributed by atoms with E-state index in [1.54, 1.807) is 0 Å². The van der Waals surface area contributed by atoms with E-state index in [1.807, 2.05) is 13.0 Å². The average Bonchev–Trinajstić information content (AvgIpc) is 3.13. The lowest BCUT2D eigenvalue weighted by Crippen LogP contribution is -2.23. The summed E-state index contributed by atoms with van der Waals surface area (Å²) in [5.74, 6) is 2.17. The van der Waals surface area contributed by atoms with Crippen LogP contribution in [0.3, 0.4) is 0 Å². The van der Waals surface area contributed by atoms with Crippen molar-refractivity contribution in [2.24, 2.45) is 0 Å². The fraction of sp³-hybridized carbons (Fsp3) is 0.500. The van der Waals surface area contributed by atoms with Crippen molar-refractivity contribution in [2.45, 2.75) is 78.2 Å². The maximum absolute atomic E-state index is 11.6. The predicted octanol–water partition coefficient (Wildman–Crippen LogP) is 6.04. The van der Waals surface area contributed by atoms with E-state index in [0.29, 0.717) is 13.0 Å². The van der Waals surface area contributed by atoms with E-state index < -0.39 is 0 Å². The Morgan fingerprint density at radius 1 is 1.03 bits per heavy atom. The minimum Gasteiger partial charge on any atom is -0.492 e.